The van der Waals surface area contributed by atoms with Gasteiger partial charge in [-0.05, 0) is 30.7 Å². The van der Waals surface area contributed by atoms with E-state index in [2.05, 4.69) is 9.72 Å². The lowest BCUT2D eigenvalue weighted by Gasteiger charge is -2.38. The van der Waals surface area contributed by atoms with Gasteiger partial charge >= 0.3 is 12.8 Å². The summed E-state index contributed by atoms with van der Waals surface area (Å²) in [4.78, 5) is 5.34. The molecule has 1 aromatic carbocycles. The first-order chi connectivity index (χ1) is 13.6. The Kier molecular flexibility index (Phi) is 4.94. The van der Waals surface area contributed by atoms with E-state index in [9.17, 15) is 26.3 Å². The second-order valence-electron chi connectivity index (χ2n) is 7.10. The normalized spacial score (nSPS) is 16.3. The number of hydrogen-bond acceptors (Lipinski definition) is 3. The largest absolute Gasteiger partial charge is 0.435 e. The molecule has 0 aliphatic carbocycles. The molecule has 4 rings (SSSR count). The zero-order valence-corrected chi connectivity index (χ0v) is 15.3. The Morgan fingerprint density at radius 3 is 2.55 bits per heavy atom. The highest BCUT2D eigenvalue weighted by Gasteiger charge is 2.37. The Morgan fingerprint density at radius 2 is 1.90 bits per heavy atom. The van der Waals surface area contributed by atoms with Gasteiger partial charge in [0.25, 0.3) is 0 Å². The van der Waals surface area contributed by atoms with E-state index in [-0.39, 0.29) is 30.5 Å². The minimum Gasteiger partial charge on any atom is -0.337 e. The smallest absolute Gasteiger partial charge is 0.337 e. The van der Waals surface area contributed by atoms with Crippen LogP contribution >= 0.6 is 0 Å². The summed E-state index contributed by atoms with van der Waals surface area (Å²) >= 11 is 0. The van der Waals surface area contributed by atoms with Crippen LogP contribution in [-0.4, -0.2) is 46.8 Å². The average Bonchev–Trinajstić information content (AvgIpc) is 2.89. The Labute approximate surface area is 161 Å². The van der Waals surface area contributed by atoms with Crippen LogP contribution in [-0.2, 0) is 17.5 Å². The monoisotopic (exact) mass is 417 g/mol. The van der Waals surface area contributed by atoms with Gasteiger partial charge in [-0.1, -0.05) is 0 Å². The number of benzene rings is 1. The number of fused-ring (bicyclic) bond motifs is 3. The first-order valence-electron chi connectivity index (χ1n) is 8.95. The molecule has 3 aromatic rings. The summed E-state index contributed by atoms with van der Waals surface area (Å²) in [6.07, 6.45) is -4.20. The lowest BCUT2D eigenvalue weighted by atomic mass is 10.1. The van der Waals surface area contributed by atoms with E-state index in [4.69, 9.17) is 0 Å². The summed E-state index contributed by atoms with van der Waals surface area (Å²) in [6.45, 7) is -0.246. The van der Waals surface area contributed by atoms with Crippen molar-refractivity contribution in [1.82, 2.24) is 14.5 Å². The molecule has 0 amide bonds. The van der Waals surface area contributed by atoms with Crippen LogP contribution in [0.25, 0.3) is 21.8 Å². The quantitative estimate of drug-likeness (QED) is 0.570. The topological polar surface area (TPSA) is 30.3 Å². The second kappa shape index (κ2) is 7.17. The van der Waals surface area contributed by atoms with E-state index >= 15 is 0 Å². The molecular formula is C19H17F6N3O. The molecule has 1 aliphatic rings. The first kappa shape index (κ1) is 20.0. The van der Waals surface area contributed by atoms with Crippen LogP contribution in [0.1, 0.15) is 11.3 Å². The second-order valence-corrected chi connectivity index (χ2v) is 7.10. The molecule has 4 nitrogen and oxygen atoms in total. The van der Waals surface area contributed by atoms with Gasteiger partial charge in [0.15, 0.2) is 5.69 Å². The van der Waals surface area contributed by atoms with Crippen LogP contribution in [0.15, 0.2) is 24.4 Å². The Bertz CT molecular complexity index is 1060. The average molecular weight is 417 g/mol. The van der Waals surface area contributed by atoms with Crippen molar-refractivity contribution in [2.75, 3.05) is 19.6 Å². The standard InChI is InChI=1S/C19H17F6N3O/c1-10-6-15-13(7-14(10)20)12-2-3-26-17(19(23,24)25)16(12)28(15)5-4-27-8-11(9-27)29-18(21)22/h2-3,6-7,11,18H,4-5,8-9H2,1H3. The third kappa shape index (κ3) is 3.66. The van der Waals surface area contributed by atoms with Gasteiger partial charge in [-0.3, -0.25) is 4.90 Å². The number of aromatic nitrogens is 2. The molecule has 0 spiro atoms. The third-order valence-electron chi connectivity index (χ3n) is 5.18. The predicted molar refractivity (Wildman–Crippen MR) is 94.3 cm³/mol. The van der Waals surface area contributed by atoms with Crippen molar-refractivity contribution in [3.8, 4) is 0 Å². The number of nitrogens with zero attached hydrogens (tertiary/aromatic N) is 3. The maximum absolute atomic E-state index is 14.1. The van der Waals surface area contributed by atoms with Crippen molar-refractivity contribution in [2.24, 2.45) is 0 Å². The zero-order valence-electron chi connectivity index (χ0n) is 15.3. The molecule has 0 radical (unpaired) electrons. The van der Waals surface area contributed by atoms with Crippen LogP contribution in [0.2, 0.25) is 0 Å². The van der Waals surface area contributed by atoms with Crippen molar-refractivity contribution in [1.29, 1.82) is 0 Å². The van der Waals surface area contributed by atoms with Crippen LogP contribution in [0.5, 0.6) is 0 Å². The summed E-state index contributed by atoms with van der Waals surface area (Å²) in [5.74, 6) is -0.503. The number of alkyl halides is 5. The number of aryl methyl sites for hydroxylation is 1. The number of ether oxygens (including phenoxy) is 1. The van der Waals surface area contributed by atoms with Crippen molar-refractivity contribution < 1.29 is 31.1 Å². The Morgan fingerprint density at radius 1 is 1.17 bits per heavy atom. The van der Waals surface area contributed by atoms with E-state index in [1.165, 1.54) is 22.8 Å². The van der Waals surface area contributed by atoms with E-state index in [0.29, 0.717) is 23.0 Å². The van der Waals surface area contributed by atoms with Gasteiger partial charge in [-0.2, -0.15) is 22.0 Å². The minimum atomic E-state index is -4.67. The van der Waals surface area contributed by atoms with E-state index in [1.54, 1.807) is 6.92 Å². The highest BCUT2D eigenvalue weighted by atomic mass is 19.4. The Balaban J connectivity index is 1.74. The molecule has 0 atom stereocenters. The van der Waals surface area contributed by atoms with Crippen LogP contribution in [0.3, 0.4) is 0 Å². The molecule has 1 aliphatic heterocycles. The van der Waals surface area contributed by atoms with Gasteiger partial charge in [0.05, 0.1) is 11.6 Å². The maximum Gasteiger partial charge on any atom is 0.435 e. The van der Waals surface area contributed by atoms with Crippen LogP contribution in [0, 0.1) is 12.7 Å². The molecule has 29 heavy (non-hydrogen) atoms. The number of rotatable bonds is 5. The number of hydrogen-bond donors (Lipinski definition) is 0. The fourth-order valence-corrected chi connectivity index (χ4v) is 3.79. The van der Waals surface area contributed by atoms with Gasteiger partial charge in [0, 0.05) is 48.7 Å². The highest BCUT2D eigenvalue weighted by molar-refractivity contribution is 6.09. The summed E-state index contributed by atoms with van der Waals surface area (Å²) in [5.41, 5.74) is -0.358. The molecular weight excluding hydrogens is 400 g/mol. The molecule has 2 aromatic heterocycles. The van der Waals surface area contributed by atoms with E-state index < -0.39 is 30.4 Å². The van der Waals surface area contributed by atoms with Gasteiger partial charge in [-0.15, -0.1) is 0 Å². The number of halogens is 6. The molecule has 0 bridgehead atoms. The minimum absolute atomic E-state index is 0.110. The zero-order chi connectivity index (χ0) is 20.9. The van der Waals surface area contributed by atoms with Crippen molar-refractivity contribution in [3.63, 3.8) is 0 Å². The summed E-state index contributed by atoms with van der Waals surface area (Å²) in [6, 6.07) is 4.19. The van der Waals surface area contributed by atoms with Gasteiger partial charge in [0.2, 0.25) is 0 Å². The SMILES string of the molecule is Cc1cc2c(cc1F)c1ccnc(C(F)(F)F)c1n2CCN1CC(OC(F)F)C1. The Hall–Kier alpha value is -2.33. The fraction of sp³-hybridized carbons (Fsp3) is 0.421. The first-order valence-corrected chi connectivity index (χ1v) is 8.95. The van der Waals surface area contributed by atoms with Crippen molar-refractivity contribution >= 4 is 21.8 Å². The molecule has 1 fully saturated rings. The third-order valence-corrected chi connectivity index (χ3v) is 5.18. The number of pyridine rings is 1. The highest BCUT2D eigenvalue weighted by Crippen LogP contribution is 2.38. The number of likely N-dealkylation sites (tertiary alicyclic amines) is 1. The molecule has 1 saturated heterocycles. The molecule has 156 valence electrons. The summed E-state index contributed by atoms with van der Waals surface area (Å²) in [7, 11) is 0. The summed E-state index contributed by atoms with van der Waals surface area (Å²) in [5, 5.41) is 0.641. The molecule has 0 N–H and O–H groups in total. The molecule has 10 heteroatoms. The van der Waals surface area contributed by atoms with Crippen LogP contribution < -0.4 is 0 Å². The van der Waals surface area contributed by atoms with Gasteiger partial charge < -0.3 is 9.30 Å². The summed E-state index contributed by atoms with van der Waals surface area (Å²) < 4.78 is 85.2. The van der Waals surface area contributed by atoms with Crippen molar-refractivity contribution in [2.45, 2.75) is 32.4 Å². The van der Waals surface area contributed by atoms with E-state index in [0.717, 1.165) is 6.20 Å². The van der Waals surface area contributed by atoms with Crippen molar-refractivity contribution in [3.05, 3.63) is 41.5 Å². The molecule has 0 saturated carbocycles. The lowest BCUT2D eigenvalue weighted by Crippen LogP contribution is -2.53. The molecule has 3 heterocycles. The van der Waals surface area contributed by atoms with Crippen LogP contribution in [0.4, 0.5) is 26.3 Å². The lowest BCUT2D eigenvalue weighted by molar-refractivity contribution is -0.195. The fourth-order valence-electron chi connectivity index (χ4n) is 3.79. The maximum atomic E-state index is 14.1. The van der Waals surface area contributed by atoms with Gasteiger partial charge in [0.1, 0.15) is 5.82 Å². The van der Waals surface area contributed by atoms with E-state index in [1.807, 2.05) is 4.90 Å². The predicted octanol–water partition coefficient (Wildman–Crippen LogP) is 4.58. The molecule has 0 unspecified atom stereocenters. The van der Waals surface area contributed by atoms with Gasteiger partial charge in [-0.25, -0.2) is 9.37 Å².